The van der Waals surface area contributed by atoms with E-state index in [0.717, 1.165) is 5.75 Å². The average Bonchev–Trinajstić information content (AvgIpc) is 2.59. The lowest BCUT2D eigenvalue weighted by atomic mass is 10.0. The third-order valence-corrected chi connectivity index (χ3v) is 4.04. The molecule has 1 N–H and O–H groups in total. The molecule has 0 heterocycles. The smallest absolute Gasteiger partial charge is 0.407 e. The summed E-state index contributed by atoms with van der Waals surface area (Å²) in [4.78, 5) is 24.0. The van der Waals surface area contributed by atoms with Crippen LogP contribution in [0.5, 0.6) is 5.75 Å². The number of ether oxygens (including phenoxy) is 3. The Labute approximate surface area is 168 Å². The first-order valence-corrected chi connectivity index (χ1v) is 9.98. The molecule has 158 valence electrons. The van der Waals surface area contributed by atoms with E-state index >= 15 is 0 Å². The minimum atomic E-state index is -0.553. The summed E-state index contributed by atoms with van der Waals surface area (Å²) in [6, 6.07) is 7.98. The van der Waals surface area contributed by atoms with Crippen molar-refractivity contribution in [2.24, 2.45) is 5.92 Å². The van der Waals surface area contributed by atoms with Gasteiger partial charge in [0.15, 0.2) is 0 Å². The molecule has 6 nitrogen and oxygen atoms in total. The number of benzene rings is 1. The van der Waals surface area contributed by atoms with Gasteiger partial charge in [-0.05, 0) is 64.2 Å². The van der Waals surface area contributed by atoms with Gasteiger partial charge >= 0.3 is 12.1 Å². The second-order valence-corrected chi connectivity index (χ2v) is 8.03. The molecule has 1 rings (SSSR count). The van der Waals surface area contributed by atoms with E-state index in [2.05, 4.69) is 25.2 Å². The van der Waals surface area contributed by atoms with Gasteiger partial charge in [-0.1, -0.05) is 26.0 Å². The molecular formula is C22H35NO5. The van der Waals surface area contributed by atoms with Gasteiger partial charge in [0.05, 0.1) is 19.1 Å². The second kappa shape index (κ2) is 11.6. The highest BCUT2D eigenvalue weighted by Gasteiger charge is 2.21. The lowest BCUT2D eigenvalue weighted by molar-refractivity contribution is -0.148. The number of nitrogens with one attached hydrogen (secondary N) is 1. The fraction of sp³-hybridized carbons (Fsp3) is 0.636. The maximum Gasteiger partial charge on any atom is 0.407 e. The SMILES string of the molecule is CCOC(=O)C(CCNC(=O)OC(C)(C)C)CCOc1cccc(C(C)C)c1. The first kappa shape index (κ1) is 23.8. The maximum atomic E-state index is 12.2. The van der Waals surface area contributed by atoms with E-state index in [4.69, 9.17) is 14.2 Å². The van der Waals surface area contributed by atoms with Gasteiger partial charge in [0.2, 0.25) is 0 Å². The molecule has 1 aromatic rings. The summed E-state index contributed by atoms with van der Waals surface area (Å²) < 4.78 is 16.2. The molecule has 0 aliphatic heterocycles. The molecular weight excluding hydrogens is 358 g/mol. The van der Waals surface area contributed by atoms with Crippen molar-refractivity contribution in [1.29, 1.82) is 0 Å². The first-order valence-electron chi connectivity index (χ1n) is 9.98. The Hall–Kier alpha value is -2.24. The van der Waals surface area contributed by atoms with Crippen LogP contribution in [0, 0.1) is 5.92 Å². The average molecular weight is 394 g/mol. The van der Waals surface area contributed by atoms with Gasteiger partial charge in [0.1, 0.15) is 11.4 Å². The summed E-state index contributed by atoms with van der Waals surface area (Å²) in [6.45, 7) is 12.5. The molecule has 1 atom stereocenters. The molecule has 1 amide bonds. The quantitative estimate of drug-likeness (QED) is 0.585. The molecule has 1 aromatic carbocycles. The third kappa shape index (κ3) is 9.62. The molecule has 0 radical (unpaired) electrons. The van der Waals surface area contributed by atoms with Gasteiger partial charge in [0, 0.05) is 6.54 Å². The minimum absolute atomic E-state index is 0.270. The van der Waals surface area contributed by atoms with Gasteiger partial charge < -0.3 is 19.5 Å². The van der Waals surface area contributed by atoms with Crippen molar-refractivity contribution < 1.29 is 23.8 Å². The molecule has 0 saturated carbocycles. The Morgan fingerprint density at radius 3 is 2.46 bits per heavy atom. The van der Waals surface area contributed by atoms with E-state index < -0.39 is 11.7 Å². The largest absolute Gasteiger partial charge is 0.494 e. The van der Waals surface area contributed by atoms with E-state index in [-0.39, 0.29) is 11.9 Å². The molecule has 28 heavy (non-hydrogen) atoms. The molecule has 0 bridgehead atoms. The fourth-order valence-corrected chi connectivity index (χ4v) is 2.59. The number of hydrogen-bond acceptors (Lipinski definition) is 5. The van der Waals surface area contributed by atoms with Crippen LogP contribution in [0.2, 0.25) is 0 Å². The number of rotatable bonds is 10. The Bertz CT molecular complexity index is 622. The van der Waals surface area contributed by atoms with Crippen LogP contribution >= 0.6 is 0 Å². The topological polar surface area (TPSA) is 73.9 Å². The third-order valence-electron chi connectivity index (χ3n) is 4.04. The van der Waals surface area contributed by atoms with Crippen LogP contribution in [0.1, 0.15) is 65.9 Å². The van der Waals surface area contributed by atoms with Crippen LogP contribution in [-0.4, -0.2) is 37.4 Å². The summed E-state index contributed by atoms with van der Waals surface area (Å²) >= 11 is 0. The monoisotopic (exact) mass is 393 g/mol. The Kier molecular flexibility index (Phi) is 9.83. The first-order chi connectivity index (χ1) is 13.1. The Balaban J connectivity index is 2.52. The van der Waals surface area contributed by atoms with Crippen LogP contribution in [-0.2, 0) is 14.3 Å². The predicted octanol–water partition coefficient (Wildman–Crippen LogP) is 4.67. The van der Waals surface area contributed by atoms with Crippen molar-refractivity contribution in [3.05, 3.63) is 29.8 Å². The highest BCUT2D eigenvalue weighted by molar-refractivity contribution is 5.72. The number of amides is 1. The van der Waals surface area contributed by atoms with Crippen molar-refractivity contribution >= 4 is 12.1 Å². The molecule has 1 unspecified atom stereocenters. The van der Waals surface area contributed by atoms with Gasteiger partial charge in [-0.3, -0.25) is 4.79 Å². The Morgan fingerprint density at radius 2 is 1.86 bits per heavy atom. The normalized spacial score (nSPS) is 12.4. The zero-order valence-electron chi connectivity index (χ0n) is 18.0. The molecule has 0 fully saturated rings. The van der Waals surface area contributed by atoms with Crippen molar-refractivity contribution in [3.63, 3.8) is 0 Å². The highest BCUT2D eigenvalue weighted by atomic mass is 16.6. The lowest BCUT2D eigenvalue weighted by Crippen LogP contribution is -2.34. The molecule has 0 aliphatic carbocycles. The second-order valence-electron chi connectivity index (χ2n) is 8.03. The lowest BCUT2D eigenvalue weighted by Gasteiger charge is -2.20. The molecule has 0 spiro atoms. The molecule has 6 heteroatoms. The van der Waals surface area contributed by atoms with E-state index in [1.54, 1.807) is 27.7 Å². The standard InChI is InChI=1S/C22H35NO5/c1-7-26-20(24)17(11-13-23-21(25)28-22(4,5)6)12-14-27-19-10-8-9-18(15-19)16(2)3/h8-10,15-17H,7,11-14H2,1-6H3,(H,23,25). The van der Waals surface area contributed by atoms with E-state index in [1.807, 2.05) is 18.2 Å². The van der Waals surface area contributed by atoms with Gasteiger partial charge in [-0.25, -0.2) is 4.79 Å². The van der Waals surface area contributed by atoms with Crippen molar-refractivity contribution in [2.75, 3.05) is 19.8 Å². The van der Waals surface area contributed by atoms with Crippen LogP contribution in [0.25, 0.3) is 0 Å². The van der Waals surface area contributed by atoms with Crippen LogP contribution in [0.3, 0.4) is 0 Å². The predicted molar refractivity (Wildman–Crippen MR) is 110 cm³/mol. The van der Waals surface area contributed by atoms with Gasteiger partial charge in [0.25, 0.3) is 0 Å². The maximum absolute atomic E-state index is 12.2. The van der Waals surface area contributed by atoms with Gasteiger partial charge in [-0.2, -0.15) is 0 Å². The molecule has 0 aromatic heterocycles. The number of hydrogen-bond donors (Lipinski definition) is 1. The summed E-state index contributed by atoms with van der Waals surface area (Å²) in [5.41, 5.74) is 0.657. The molecule has 0 aliphatic rings. The zero-order chi connectivity index (χ0) is 21.2. The minimum Gasteiger partial charge on any atom is -0.494 e. The van der Waals surface area contributed by atoms with Crippen molar-refractivity contribution in [1.82, 2.24) is 5.32 Å². The highest BCUT2D eigenvalue weighted by Crippen LogP contribution is 2.21. The summed E-state index contributed by atoms with van der Waals surface area (Å²) in [7, 11) is 0. The summed E-state index contributed by atoms with van der Waals surface area (Å²) in [5.74, 6) is 0.603. The van der Waals surface area contributed by atoms with Crippen LogP contribution in [0.15, 0.2) is 24.3 Å². The fourth-order valence-electron chi connectivity index (χ4n) is 2.59. The van der Waals surface area contributed by atoms with Gasteiger partial charge in [-0.15, -0.1) is 0 Å². The number of esters is 1. The zero-order valence-corrected chi connectivity index (χ0v) is 18.0. The Morgan fingerprint density at radius 1 is 1.14 bits per heavy atom. The van der Waals surface area contributed by atoms with Crippen molar-refractivity contribution in [3.8, 4) is 5.75 Å². The summed E-state index contributed by atoms with van der Waals surface area (Å²) in [6.07, 6.45) is 0.491. The van der Waals surface area contributed by atoms with E-state index in [0.29, 0.717) is 38.5 Å². The number of carbonyl (C=O) groups is 2. The van der Waals surface area contributed by atoms with Crippen LogP contribution in [0.4, 0.5) is 4.79 Å². The summed E-state index contributed by atoms with van der Waals surface area (Å²) in [5, 5.41) is 2.68. The molecule has 0 saturated heterocycles. The van der Waals surface area contributed by atoms with E-state index in [9.17, 15) is 9.59 Å². The van der Waals surface area contributed by atoms with E-state index in [1.165, 1.54) is 5.56 Å². The van der Waals surface area contributed by atoms with Crippen molar-refractivity contribution in [2.45, 2.75) is 65.9 Å². The number of alkyl carbamates (subject to hydrolysis) is 1. The number of carbonyl (C=O) groups excluding carboxylic acids is 2. The van der Waals surface area contributed by atoms with Crippen LogP contribution < -0.4 is 10.1 Å².